The molecule has 0 saturated carbocycles. The molecule has 1 aliphatic rings. The van der Waals surface area contributed by atoms with Gasteiger partial charge in [-0.2, -0.15) is 0 Å². The first-order valence-electron chi connectivity index (χ1n) is 10.9. The minimum absolute atomic E-state index is 0.327. The van der Waals surface area contributed by atoms with Gasteiger partial charge in [-0.15, -0.1) is 0 Å². The third-order valence-corrected chi connectivity index (χ3v) is 5.63. The Morgan fingerprint density at radius 2 is 1.27 bits per heavy atom. The van der Waals surface area contributed by atoms with Gasteiger partial charge in [0.15, 0.2) is 0 Å². The van der Waals surface area contributed by atoms with Crippen LogP contribution in [0.4, 0.5) is 0 Å². The molecule has 3 aromatic rings. The van der Waals surface area contributed by atoms with Crippen molar-refractivity contribution < 1.29 is 0 Å². The van der Waals surface area contributed by atoms with E-state index in [1.165, 1.54) is 16.7 Å². The van der Waals surface area contributed by atoms with E-state index >= 15 is 0 Å². The molecule has 154 valence electrons. The quantitative estimate of drug-likeness (QED) is 0.604. The van der Waals surface area contributed by atoms with Crippen molar-refractivity contribution in [3.05, 3.63) is 120 Å². The Morgan fingerprint density at radius 3 is 1.90 bits per heavy atom. The molecule has 0 aliphatic carbocycles. The van der Waals surface area contributed by atoms with E-state index in [4.69, 9.17) is 0 Å². The zero-order chi connectivity index (χ0) is 20.4. The molecule has 0 amide bonds. The maximum absolute atomic E-state index is 3.83. The standard InChI is InChI=1S/C27H31N3/c1-4-11-24(12-5-1)21-28-27-17-20-29(22-25-13-6-2-7-14-25)18-10-19-30(27)23-26-15-8-3-9-16-26/h1-16,18,27-28H,17,19-23H2/b18-10-. The normalized spacial score (nSPS) is 18.5. The molecule has 1 atom stereocenters. The van der Waals surface area contributed by atoms with Crippen LogP contribution in [-0.4, -0.2) is 29.1 Å². The van der Waals surface area contributed by atoms with Crippen molar-refractivity contribution in [2.75, 3.05) is 13.1 Å². The molecule has 0 aromatic heterocycles. The van der Waals surface area contributed by atoms with Crippen LogP contribution >= 0.6 is 0 Å². The van der Waals surface area contributed by atoms with Crippen LogP contribution < -0.4 is 5.32 Å². The maximum atomic E-state index is 3.83. The molecule has 3 heteroatoms. The first-order chi connectivity index (χ1) is 14.9. The number of hydrogen-bond acceptors (Lipinski definition) is 3. The van der Waals surface area contributed by atoms with Crippen molar-refractivity contribution in [1.29, 1.82) is 0 Å². The van der Waals surface area contributed by atoms with Crippen molar-refractivity contribution in [2.45, 2.75) is 32.2 Å². The zero-order valence-electron chi connectivity index (χ0n) is 17.5. The number of rotatable bonds is 7. The van der Waals surface area contributed by atoms with Gasteiger partial charge in [0.25, 0.3) is 0 Å². The van der Waals surface area contributed by atoms with Gasteiger partial charge in [-0.25, -0.2) is 0 Å². The molecule has 0 radical (unpaired) electrons. The molecular weight excluding hydrogens is 366 g/mol. The van der Waals surface area contributed by atoms with Gasteiger partial charge in [-0.3, -0.25) is 10.2 Å². The van der Waals surface area contributed by atoms with E-state index in [1.807, 2.05) is 0 Å². The van der Waals surface area contributed by atoms with Crippen LogP contribution in [0.25, 0.3) is 0 Å². The first-order valence-corrected chi connectivity index (χ1v) is 10.9. The highest BCUT2D eigenvalue weighted by Crippen LogP contribution is 2.15. The van der Waals surface area contributed by atoms with Crippen LogP contribution in [0.3, 0.4) is 0 Å². The highest BCUT2D eigenvalue weighted by molar-refractivity contribution is 5.17. The largest absolute Gasteiger partial charge is 0.373 e. The summed E-state index contributed by atoms with van der Waals surface area (Å²) < 4.78 is 0. The van der Waals surface area contributed by atoms with Crippen LogP contribution in [0.5, 0.6) is 0 Å². The highest BCUT2D eigenvalue weighted by atomic mass is 15.3. The summed E-state index contributed by atoms with van der Waals surface area (Å²) in [5.74, 6) is 0. The molecule has 0 spiro atoms. The number of benzene rings is 3. The third kappa shape index (κ3) is 6.06. The Balaban J connectivity index is 1.45. The maximum Gasteiger partial charge on any atom is 0.0622 e. The second-order valence-electron chi connectivity index (χ2n) is 7.93. The molecule has 3 aromatic carbocycles. The van der Waals surface area contributed by atoms with Gasteiger partial charge < -0.3 is 4.90 Å². The number of nitrogens with zero attached hydrogens (tertiary/aromatic N) is 2. The second kappa shape index (κ2) is 10.8. The van der Waals surface area contributed by atoms with Crippen molar-refractivity contribution in [2.24, 2.45) is 0 Å². The van der Waals surface area contributed by atoms with E-state index in [1.54, 1.807) is 0 Å². The predicted octanol–water partition coefficient (Wildman–Crippen LogP) is 5.02. The molecule has 4 rings (SSSR count). The van der Waals surface area contributed by atoms with Crippen LogP contribution in [0.2, 0.25) is 0 Å². The fraction of sp³-hybridized carbons (Fsp3) is 0.259. The minimum Gasteiger partial charge on any atom is -0.373 e. The van der Waals surface area contributed by atoms with E-state index in [0.29, 0.717) is 6.17 Å². The van der Waals surface area contributed by atoms with Crippen LogP contribution in [0.15, 0.2) is 103 Å². The number of nitrogens with one attached hydrogen (secondary N) is 1. The molecule has 0 fully saturated rings. The topological polar surface area (TPSA) is 18.5 Å². The summed E-state index contributed by atoms with van der Waals surface area (Å²) in [4.78, 5) is 4.99. The van der Waals surface area contributed by atoms with E-state index in [0.717, 1.165) is 39.1 Å². The summed E-state index contributed by atoms with van der Waals surface area (Å²) in [6.07, 6.45) is 5.99. The van der Waals surface area contributed by atoms with Gasteiger partial charge in [0.2, 0.25) is 0 Å². The predicted molar refractivity (Wildman–Crippen MR) is 125 cm³/mol. The molecule has 0 bridgehead atoms. The zero-order valence-corrected chi connectivity index (χ0v) is 17.5. The van der Waals surface area contributed by atoms with Crippen molar-refractivity contribution in [3.8, 4) is 0 Å². The fourth-order valence-electron chi connectivity index (χ4n) is 4.01. The molecule has 1 aliphatic heterocycles. The van der Waals surface area contributed by atoms with Gasteiger partial charge in [-0.05, 0) is 29.3 Å². The molecule has 1 N–H and O–H groups in total. The summed E-state index contributed by atoms with van der Waals surface area (Å²) in [6.45, 7) is 4.77. The van der Waals surface area contributed by atoms with Gasteiger partial charge in [0.1, 0.15) is 0 Å². The lowest BCUT2D eigenvalue weighted by Gasteiger charge is -2.35. The Kier molecular flexibility index (Phi) is 7.32. The van der Waals surface area contributed by atoms with Crippen LogP contribution in [0.1, 0.15) is 23.1 Å². The lowest BCUT2D eigenvalue weighted by Crippen LogP contribution is -2.47. The van der Waals surface area contributed by atoms with Crippen molar-refractivity contribution >= 4 is 0 Å². The molecule has 3 nitrogen and oxygen atoms in total. The Bertz CT molecular complexity index is 893. The molecule has 1 heterocycles. The molecule has 30 heavy (non-hydrogen) atoms. The van der Waals surface area contributed by atoms with Crippen molar-refractivity contribution in [1.82, 2.24) is 15.1 Å². The van der Waals surface area contributed by atoms with Gasteiger partial charge in [0, 0.05) is 32.7 Å². The summed E-state index contributed by atoms with van der Waals surface area (Å²) in [5.41, 5.74) is 4.05. The van der Waals surface area contributed by atoms with Crippen molar-refractivity contribution in [3.63, 3.8) is 0 Å². The van der Waals surface area contributed by atoms with E-state index in [9.17, 15) is 0 Å². The smallest absolute Gasteiger partial charge is 0.0622 e. The molecule has 0 saturated heterocycles. The minimum atomic E-state index is 0.327. The SMILES string of the molecule is C1=C\N(Cc2ccccc2)CCC(NCc2ccccc2)N(Cc2ccccc2)C/1. The van der Waals surface area contributed by atoms with Gasteiger partial charge in [0.05, 0.1) is 6.17 Å². The summed E-state index contributed by atoms with van der Waals surface area (Å²) >= 11 is 0. The van der Waals surface area contributed by atoms with Gasteiger partial charge >= 0.3 is 0 Å². The van der Waals surface area contributed by atoms with E-state index in [-0.39, 0.29) is 0 Å². The molecular formula is C27H31N3. The molecule has 1 unspecified atom stereocenters. The summed E-state index contributed by atoms with van der Waals surface area (Å²) in [5, 5.41) is 3.83. The average Bonchev–Trinajstić information content (AvgIpc) is 2.79. The van der Waals surface area contributed by atoms with Crippen LogP contribution in [0, 0.1) is 0 Å². The van der Waals surface area contributed by atoms with Gasteiger partial charge in [-0.1, -0.05) is 97.1 Å². The Morgan fingerprint density at radius 1 is 0.700 bits per heavy atom. The first kappa shape index (κ1) is 20.4. The number of hydrogen-bond donors (Lipinski definition) is 1. The van der Waals surface area contributed by atoms with E-state index in [2.05, 4.69) is 118 Å². The van der Waals surface area contributed by atoms with E-state index < -0.39 is 0 Å². The summed E-state index contributed by atoms with van der Waals surface area (Å²) in [6, 6.07) is 32.2. The lowest BCUT2D eigenvalue weighted by molar-refractivity contribution is 0.142. The Hall–Kier alpha value is -2.88. The Labute approximate surface area is 180 Å². The third-order valence-electron chi connectivity index (χ3n) is 5.63. The second-order valence-corrected chi connectivity index (χ2v) is 7.93. The highest BCUT2D eigenvalue weighted by Gasteiger charge is 2.20. The average molecular weight is 398 g/mol. The lowest BCUT2D eigenvalue weighted by atomic mass is 10.1. The van der Waals surface area contributed by atoms with Crippen LogP contribution in [-0.2, 0) is 19.6 Å². The fourth-order valence-corrected chi connectivity index (χ4v) is 4.01. The summed E-state index contributed by atoms with van der Waals surface area (Å²) in [7, 11) is 0. The monoisotopic (exact) mass is 397 g/mol.